The molecule has 0 amide bonds. The van der Waals surface area contributed by atoms with Crippen molar-refractivity contribution in [2.45, 2.75) is 24.9 Å². The van der Waals surface area contributed by atoms with Crippen LogP contribution in [0.3, 0.4) is 0 Å². The first-order valence-corrected chi connectivity index (χ1v) is 5.82. The van der Waals surface area contributed by atoms with Gasteiger partial charge in [0.1, 0.15) is 5.60 Å². The number of hydrogen-bond donors (Lipinski definition) is 2. The molecule has 1 saturated carbocycles. The third-order valence-corrected chi connectivity index (χ3v) is 3.42. The molecule has 2 rings (SSSR count). The lowest BCUT2D eigenvalue weighted by molar-refractivity contribution is -0.0621. The van der Waals surface area contributed by atoms with Crippen molar-refractivity contribution in [3.05, 3.63) is 0 Å². The second-order valence-corrected chi connectivity index (χ2v) is 4.83. The Labute approximate surface area is 90.7 Å². The molecule has 4 heteroatoms. The summed E-state index contributed by atoms with van der Waals surface area (Å²) in [6.45, 7) is 3.01. The number of ether oxygens (including phenoxy) is 2. The minimum Gasteiger partial charge on any atom is -0.386 e. The average Bonchev–Trinajstić information content (AvgIpc) is 2.98. The van der Waals surface area contributed by atoms with Crippen LogP contribution in [0.4, 0.5) is 0 Å². The van der Waals surface area contributed by atoms with Crippen molar-refractivity contribution in [1.29, 1.82) is 0 Å². The molecule has 88 valence electrons. The summed E-state index contributed by atoms with van der Waals surface area (Å²) < 4.78 is 10.8. The van der Waals surface area contributed by atoms with Crippen molar-refractivity contribution < 1.29 is 14.6 Å². The Morgan fingerprint density at radius 1 is 1.40 bits per heavy atom. The second-order valence-electron chi connectivity index (χ2n) is 4.83. The maximum absolute atomic E-state index is 10.2. The van der Waals surface area contributed by atoms with Crippen molar-refractivity contribution in [2.24, 2.45) is 17.6 Å². The summed E-state index contributed by atoms with van der Waals surface area (Å²) >= 11 is 0. The van der Waals surface area contributed by atoms with Crippen LogP contribution in [-0.4, -0.2) is 43.7 Å². The number of rotatable bonds is 6. The molecule has 2 fully saturated rings. The normalized spacial score (nSPS) is 30.4. The van der Waals surface area contributed by atoms with E-state index in [1.807, 2.05) is 0 Å². The molecular weight excluding hydrogens is 194 g/mol. The summed E-state index contributed by atoms with van der Waals surface area (Å²) in [5.74, 6) is 0.869. The van der Waals surface area contributed by atoms with Crippen LogP contribution in [0.15, 0.2) is 0 Å². The smallest absolute Gasteiger partial charge is 0.103 e. The molecule has 0 aromatic rings. The fourth-order valence-corrected chi connectivity index (χ4v) is 2.08. The number of aliphatic hydroxyl groups is 1. The van der Waals surface area contributed by atoms with Crippen LogP contribution in [-0.2, 0) is 9.47 Å². The summed E-state index contributed by atoms with van der Waals surface area (Å²) in [4.78, 5) is 0. The zero-order valence-electron chi connectivity index (χ0n) is 9.15. The zero-order chi connectivity index (χ0) is 10.7. The van der Waals surface area contributed by atoms with Crippen LogP contribution in [0.5, 0.6) is 0 Å². The van der Waals surface area contributed by atoms with Gasteiger partial charge in [-0.2, -0.15) is 0 Å². The van der Waals surface area contributed by atoms with Gasteiger partial charge in [-0.15, -0.1) is 0 Å². The predicted molar refractivity (Wildman–Crippen MR) is 56.5 cm³/mol. The molecule has 0 spiro atoms. The van der Waals surface area contributed by atoms with Gasteiger partial charge in [0, 0.05) is 19.1 Å². The monoisotopic (exact) mass is 215 g/mol. The largest absolute Gasteiger partial charge is 0.386 e. The maximum Gasteiger partial charge on any atom is 0.103 e. The minimum atomic E-state index is -0.778. The Kier molecular flexibility index (Phi) is 3.61. The van der Waals surface area contributed by atoms with E-state index in [1.54, 1.807) is 0 Å². The van der Waals surface area contributed by atoms with E-state index in [0.717, 1.165) is 32.5 Å². The van der Waals surface area contributed by atoms with E-state index in [2.05, 4.69) is 0 Å². The summed E-state index contributed by atoms with van der Waals surface area (Å²) in [7, 11) is 0. The lowest BCUT2D eigenvalue weighted by Gasteiger charge is -2.26. The summed E-state index contributed by atoms with van der Waals surface area (Å²) in [6.07, 6.45) is 3.25. The molecule has 0 aromatic carbocycles. The lowest BCUT2D eigenvalue weighted by Crippen LogP contribution is -2.44. The third-order valence-electron chi connectivity index (χ3n) is 3.42. The van der Waals surface area contributed by atoms with Gasteiger partial charge in [-0.3, -0.25) is 0 Å². The van der Waals surface area contributed by atoms with Crippen molar-refractivity contribution in [1.82, 2.24) is 0 Å². The standard InChI is InChI=1S/C11H21NO3/c12-7-11(13,10-1-2-10)8-15-6-9-3-4-14-5-9/h9-10,13H,1-8,12H2. The Bertz CT molecular complexity index is 202. The topological polar surface area (TPSA) is 64.7 Å². The van der Waals surface area contributed by atoms with Crippen LogP contribution in [0, 0.1) is 11.8 Å². The minimum absolute atomic E-state index is 0.304. The first-order chi connectivity index (χ1) is 7.24. The molecule has 2 atom stereocenters. The van der Waals surface area contributed by atoms with E-state index in [9.17, 15) is 5.11 Å². The van der Waals surface area contributed by atoms with E-state index in [0.29, 0.717) is 31.6 Å². The average molecular weight is 215 g/mol. The molecule has 3 N–H and O–H groups in total. The molecule has 1 aliphatic heterocycles. The molecule has 4 nitrogen and oxygen atoms in total. The highest BCUT2D eigenvalue weighted by atomic mass is 16.5. The van der Waals surface area contributed by atoms with Gasteiger partial charge in [0.25, 0.3) is 0 Å². The highest BCUT2D eigenvalue weighted by Gasteiger charge is 2.43. The maximum atomic E-state index is 10.2. The highest BCUT2D eigenvalue weighted by molar-refractivity contribution is 4.95. The van der Waals surface area contributed by atoms with Gasteiger partial charge >= 0.3 is 0 Å². The van der Waals surface area contributed by atoms with Crippen LogP contribution < -0.4 is 5.73 Å². The molecule has 1 aliphatic carbocycles. The van der Waals surface area contributed by atoms with Crippen LogP contribution in [0.1, 0.15) is 19.3 Å². The van der Waals surface area contributed by atoms with Crippen LogP contribution in [0.25, 0.3) is 0 Å². The molecule has 0 radical (unpaired) electrons. The summed E-state index contributed by atoms with van der Waals surface area (Å²) in [6, 6.07) is 0. The summed E-state index contributed by atoms with van der Waals surface area (Å²) in [5.41, 5.74) is 4.81. The highest BCUT2D eigenvalue weighted by Crippen LogP contribution is 2.39. The number of nitrogens with two attached hydrogens (primary N) is 1. The molecule has 0 bridgehead atoms. The van der Waals surface area contributed by atoms with Crippen molar-refractivity contribution >= 4 is 0 Å². The van der Waals surface area contributed by atoms with E-state index >= 15 is 0 Å². The van der Waals surface area contributed by atoms with Crippen LogP contribution >= 0.6 is 0 Å². The van der Waals surface area contributed by atoms with Gasteiger partial charge < -0.3 is 20.3 Å². The van der Waals surface area contributed by atoms with Crippen LogP contribution in [0.2, 0.25) is 0 Å². The molecule has 0 aromatic heterocycles. The molecule has 1 heterocycles. The fraction of sp³-hybridized carbons (Fsp3) is 1.00. The Hall–Kier alpha value is -0.160. The van der Waals surface area contributed by atoms with Gasteiger partial charge in [0.05, 0.1) is 19.8 Å². The molecular formula is C11H21NO3. The molecule has 1 saturated heterocycles. The Morgan fingerprint density at radius 3 is 2.73 bits per heavy atom. The molecule has 2 aliphatic rings. The SMILES string of the molecule is NCC(O)(COCC1CCOC1)C1CC1. The first-order valence-electron chi connectivity index (χ1n) is 5.82. The van der Waals surface area contributed by atoms with Crippen molar-refractivity contribution in [3.63, 3.8) is 0 Å². The van der Waals surface area contributed by atoms with Gasteiger partial charge in [-0.05, 0) is 25.2 Å². The third kappa shape index (κ3) is 2.91. The fourth-order valence-electron chi connectivity index (χ4n) is 2.08. The molecule has 15 heavy (non-hydrogen) atoms. The predicted octanol–water partition coefficient (Wildman–Crippen LogP) is 0.139. The van der Waals surface area contributed by atoms with Gasteiger partial charge in [0.15, 0.2) is 0 Å². The van der Waals surface area contributed by atoms with Crippen molar-refractivity contribution in [2.75, 3.05) is 33.0 Å². The second kappa shape index (κ2) is 4.78. The quantitative estimate of drug-likeness (QED) is 0.661. The van der Waals surface area contributed by atoms with Gasteiger partial charge in [0.2, 0.25) is 0 Å². The molecule has 2 unspecified atom stereocenters. The Balaban J connectivity index is 1.66. The Morgan fingerprint density at radius 2 is 2.20 bits per heavy atom. The van der Waals surface area contributed by atoms with Crippen molar-refractivity contribution in [3.8, 4) is 0 Å². The van der Waals surface area contributed by atoms with Gasteiger partial charge in [-0.25, -0.2) is 0 Å². The van der Waals surface area contributed by atoms with E-state index in [1.165, 1.54) is 0 Å². The summed E-state index contributed by atoms with van der Waals surface area (Å²) in [5, 5.41) is 10.2. The lowest BCUT2D eigenvalue weighted by atomic mass is 9.99. The van der Waals surface area contributed by atoms with E-state index in [-0.39, 0.29) is 0 Å². The first kappa shape index (κ1) is 11.3. The van der Waals surface area contributed by atoms with E-state index in [4.69, 9.17) is 15.2 Å². The van der Waals surface area contributed by atoms with E-state index < -0.39 is 5.60 Å². The zero-order valence-corrected chi connectivity index (χ0v) is 9.15. The number of hydrogen-bond acceptors (Lipinski definition) is 4. The van der Waals surface area contributed by atoms with Gasteiger partial charge in [-0.1, -0.05) is 0 Å².